The Hall–Kier alpha value is -1.61. The maximum Gasteiger partial charge on any atom is 0.264 e. The van der Waals surface area contributed by atoms with E-state index in [2.05, 4.69) is 44.2 Å². The number of rotatable bonds is 2. The molecule has 2 aliphatic rings. The summed E-state index contributed by atoms with van der Waals surface area (Å²) < 4.78 is 0. The fraction of sp³-hybridized carbons (Fsp3) is 0.333. The lowest BCUT2D eigenvalue weighted by molar-refractivity contribution is 0.0742. The molecule has 4 rings (SSSR count). The monoisotopic (exact) mass is 296 g/mol. The van der Waals surface area contributed by atoms with Crippen LogP contribution in [0.1, 0.15) is 21.7 Å². The predicted molar refractivity (Wildman–Crippen MR) is 86.3 cm³/mol. The number of carbonyl (C=O) groups excluding carboxylic acids is 1. The number of nitrogens with zero attached hydrogens (tertiary/aromatic N) is 1. The second-order valence-corrected chi connectivity index (χ2v) is 7.13. The third-order valence-corrected chi connectivity index (χ3v) is 5.69. The summed E-state index contributed by atoms with van der Waals surface area (Å²) in [6, 6.07) is 10.6. The van der Waals surface area contributed by atoms with Crippen LogP contribution in [0.2, 0.25) is 0 Å². The number of amides is 1. The molecule has 1 radical (unpaired) electrons. The van der Waals surface area contributed by atoms with E-state index in [0.717, 1.165) is 22.5 Å². The molecule has 1 aliphatic heterocycles. The molecule has 2 fully saturated rings. The van der Waals surface area contributed by atoms with Gasteiger partial charge in [0, 0.05) is 18.2 Å². The molecule has 0 bridgehead atoms. The van der Waals surface area contributed by atoms with Gasteiger partial charge in [0.05, 0.1) is 4.88 Å². The van der Waals surface area contributed by atoms with E-state index in [1.54, 1.807) is 11.3 Å². The number of thiophene rings is 1. The molecule has 0 unspecified atom stereocenters. The van der Waals surface area contributed by atoms with Gasteiger partial charge in [0.15, 0.2) is 0 Å². The third kappa shape index (κ3) is 2.11. The second-order valence-electron chi connectivity index (χ2n) is 6.21. The van der Waals surface area contributed by atoms with Gasteiger partial charge in [-0.2, -0.15) is 0 Å². The van der Waals surface area contributed by atoms with E-state index in [1.165, 1.54) is 12.0 Å². The zero-order valence-electron chi connectivity index (χ0n) is 12.1. The zero-order valence-corrected chi connectivity index (χ0v) is 12.9. The van der Waals surface area contributed by atoms with Crippen LogP contribution >= 0.6 is 11.3 Å². The summed E-state index contributed by atoms with van der Waals surface area (Å²) in [4.78, 5) is 15.7. The Kier molecular flexibility index (Phi) is 2.93. The highest BCUT2D eigenvalue weighted by Gasteiger charge is 2.52. The van der Waals surface area contributed by atoms with Crippen molar-refractivity contribution in [3.63, 3.8) is 0 Å². The molecule has 1 aromatic carbocycles. The van der Waals surface area contributed by atoms with Crippen LogP contribution in [-0.2, 0) is 0 Å². The van der Waals surface area contributed by atoms with Crippen molar-refractivity contribution in [3.8, 4) is 11.1 Å². The van der Waals surface area contributed by atoms with E-state index >= 15 is 0 Å². The molecule has 0 spiro atoms. The molecule has 21 heavy (non-hydrogen) atoms. The smallest absolute Gasteiger partial charge is 0.264 e. The summed E-state index contributed by atoms with van der Waals surface area (Å²) in [6.45, 7) is 7.16. The SMILES string of the molecule is [CH2][C@H]1[C@H]2C[C@H]2CN1C(=O)c1sccc1-c1ccc(C)cc1. The number of piperidine rings is 1. The van der Waals surface area contributed by atoms with Crippen molar-refractivity contribution in [1.82, 2.24) is 4.90 Å². The van der Waals surface area contributed by atoms with Crippen LogP contribution in [-0.4, -0.2) is 23.4 Å². The van der Waals surface area contributed by atoms with Gasteiger partial charge in [-0.1, -0.05) is 29.8 Å². The minimum Gasteiger partial charge on any atom is -0.334 e. The van der Waals surface area contributed by atoms with Gasteiger partial charge in [0.2, 0.25) is 0 Å². The van der Waals surface area contributed by atoms with E-state index in [0.29, 0.717) is 11.8 Å². The van der Waals surface area contributed by atoms with Crippen LogP contribution < -0.4 is 0 Å². The molecule has 0 N–H and O–H groups in total. The van der Waals surface area contributed by atoms with Gasteiger partial charge in [0.25, 0.3) is 5.91 Å². The molecular formula is C18H18NOS. The number of benzene rings is 1. The Morgan fingerprint density at radius 3 is 2.71 bits per heavy atom. The van der Waals surface area contributed by atoms with Crippen LogP contribution in [0.5, 0.6) is 0 Å². The Balaban J connectivity index is 1.65. The van der Waals surface area contributed by atoms with Gasteiger partial charge in [-0.25, -0.2) is 0 Å². The van der Waals surface area contributed by atoms with Crippen molar-refractivity contribution in [2.45, 2.75) is 19.4 Å². The van der Waals surface area contributed by atoms with Gasteiger partial charge in [0.1, 0.15) is 0 Å². The first-order valence-corrected chi connectivity index (χ1v) is 8.31. The lowest BCUT2D eigenvalue weighted by Gasteiger charge is -2.24. The molecule has 2 heterocycles. The molecule has 3 heteroatoms. The topological polar surface area (TPSA) is 20.3 Å². The summed E-state index contributed by atoms with van der Waals surface area (Å²) in [5, 5.41) is 2.01. The Morgan fingerprint density at radius 2 is 2.05 bits per heavy atom. The molecule has 1 amide bonds. The average Bonchev–Trinajstić information content (AvgIpc) is 2.95. The molecule has 1 aliphatic carbocycles. The van der Waals surface area contributed by atoms with Crippen LogP contribution in [0.3, 0.4) is 0 Å². The van der Waals surface area contributed by atoms with Crippen LogP contribution in [0, 0.1) is 25.7 Å². The average molecular weight is 296 g/mol. The van der Waals surface area contributed by atoms with Crippen molar-refractivity contribution < 1.29 is 4.79 Å². The number of aryl methyl sites for hydroxylation is 1. The Labute approximate surface area is 129 Å². The summed E-state index contributed by atoms with van der Waals surface area (Å²) in [7, 11) is 0. The zero-order chi connectivity index (χ0) is 14.6. The van der Waals surface area contributed by atoms with Gasteiger partial charge in [-0.15, -0.1) is 11.3 Å². The number of hydrogen-bond acceptors (Lipinski definition) is 2. The number of fused-ring (bicyclic) bond motifs is 1. The summed E-state index contributed by atoms with van der Waals surface area (Å²) in [5.41, 5.74) is 3.41. The highest BCUT2D eigenvalue weighted by Crippen LogP contribution is 2.49. The van der Waals surface area contributed by atoms with E-state index in [1.807, 2.05) is 10.3 Å². The lowest BCUT2D eigenvalue weighted by Crippen LogP contribution is -2.36. The highest BCUT2D eigenvalue weighted by atomic mass is 32.1. The summed E-state index contributed by atoms with van der Waals surface area (Å²) >= 11 is 1.54. The van der Waals surface area contributed by atoms with Crippen LogP contribution in [0.25, 0.3) is 11.1 Å². The summed E-state index contributed by atoms with van der Waals surface area (Å²) in [6.07, 6.45) is 1.26. The second kappa shape index (κ2) is 4.70. The Morgan fingerprint density at radius 1 is 1.29 bits per heavy atom. The molecular weight excluding hydrogens is 278 g/mol. The van der Waals surface area contributed by atoms with Gasteiger partial charge in [-0.05, 0) is 49.1 Å². The molecule has 1 aromatic heterocycles. The minimum atomic E-state index is 0.160. The molecule has 2 aromatic rings. The number of likely N-dealkylation sites (tertiary alicyclic amines) is 1. The molecule has 1 saturated carbocycles. The van der Waals surface area contributed by atoms with Crippen LogP contribution in [0.15, 0.2) is 35.7 Å². The van der Waals surface area contributed by atoms with Crippen molar-refractivity contribution in [2.24, 2.45) is 11.8 Å². The minimum absolute atomic E-state index is 0.160. The first-order valence-electron chi connectivity index (χ1n) is 7.44. The normalized spacial score (nSPS) is 26.8. The quantitative estimate of drug-likeness (QED) is 0.819. The Bertz CT molecular complexity index is 687. The molecule has 107 valence electrons. The fourth-order valence-corrected chi connectivity index (χ4v) is 4.24. The highest BCUT2D eigenvalue weighted by molar-refractivity contribution is 7.12. The predicted octanol–water partition coefficient (Wildman–Crippen LogP) is 4.02. The van der Waals surface area contributed by atoms with E-state index in [-0.39, 0.29) is 11.9 Å². The van der Waals surface area contributed by atoms with Crippen molar-refractivity contribution >= 4 is 17.2 Å². The maximum absolute atomic E-state index is 12.8. The largest absolute Gasteiger partial charge is 0.334 e. The lowest BCUT2D eigenvalue weighted by atomic mass is 10.0. The molecule has 1 saturated heterocycles. The number of carbonyl (C=O) groups is 1. The fourth-order valence-electron chi connectivity index (χ4n) is 3.37. The van der Waals surface area contributed by atoms with E-state index in [9.17, 15) is 4.79 Å². The van der Waals surface area contributed by atoms with Gasteiger partial charge < -0.3 is 4.90 Å². The van der Waals surface area contributed by atoms with E-state index < -0.39 is 0 Å². The van der Waals surface area contributed by atoms with E-state index in [4.69, 9.17) is 0 Å². The van der Waals surface area contributed by atoms with Gasteiger partial charge in [-0.3, -0.25) is 4.79 Å². The van der Waals surface area contributed by atoms with Crippen LogP contribution in [0.4, 0.5) is 0 Å². The molecule has 3 atom stereocenters. The van der Waals surface area contributed by atoms with Crippen molar-refractivity contribution in [3.05, 3.63) is 53.1 Å². The maximum atomic E-state index is 12.8. The third-order valence-electron chi connectivity index (χ3n) is 4.79. The standard InChI is InChI=1S/C18H18NOS/c1-11-3-5-13(6-4-11)15-7-8-21-17(15)18(20)19-10-14-9-16(14)12(19)2/h3-8,12,14,16H,2,9-10H2,1H3/t12-,14-,16+/m0/s1. The first-order chi connectivity index (χ1) is 10.1. The molecule has 2 nitrogen and oxygen atoms in total. The first kappa shape index (κ1) is 13.1. The van der Waals surface area contributed by atoms with Crippen molar-refractivity contribution in [2.75, 3.05) is 6.54 Å². The van der Waals surface area contributed by atoms with Gasteiger partial charge >= 0.3 is 0 Å². The number of hydrogen-bond donors (Lipinski definition) is 0. The van der Waals surface area contributed by atoms with Crippen molar-refractivity contribution in [1.29, 1.82) is 0 Å². The summed E-state index contributed by atoms with van der Waals surface area (Å²) in [5.74, 6) is 1.52.